The van der Waals surface area contributed by atoms with Crippen molar-refractivity contribution >= 4 is 35.1 Å². The molecule has 2 aromatic heterocycles. The number of hydrazine groups is 1. The Kier molecular flexibility index (Phi) is 6.95. The Labute approximate surface area is 261 Å². The van der Waals surface area contributed by atoms with Gasteiger partial charge in [-0.15, -0.1) is 11.6 Å². The lowest BCUT2D eigenvalue weighted by atomic mass is 9.71. The molecule has 13 heteroatoms. The van der Waals surface area contributed by atoms with Crippen LogP contribution in [-0.2, 0) is 9.53 Å². The minimum atomic E-state index is -1.62. The van der Waals surface area contributed by atoms with Gasteiger partial charge in [-0.25, -0.2) is 18.6 Å². The average Bonchev–Trinajstić information content (AvgIpc) is 3.35. The molecule has 4 aromatic rings. The third-order valence-electron chi connectivity index (χ3n) is 9.54. The molecule has 10 nitrogen and oxygen atoms in total. The number of fused-ring (bicyclic) bond motifs is 5. The molecule has 2 saturated carbocycles. The van der Waals surface area contributed by atoms with Crippen LogP contribution in [0.3, 0.4) is 0 Å². The maximum Gasteiger partial charge on any atom is 0.407 e. The van der Waals surface area contributed by atoms with Crippen LogP contribution in [0, 0.1) is 11.8 Å². The number of carbonyl (C=O) groups excluding carboxylic acids is 2. The summed E-state index contributed by atoms with van der Waals surface area (Å²) in [5.74, 6) is -1.60. The smallest absolute Gasteiger partial charge is 0.407 e. The summed E-state index contributed by atoms with van der Waals surface area (Å²) in [5.41, 5.74) is 11.7. The minimum absolute atomic E-state index is 0.114. The molecule has 2 amide bonds. The molecule has 0 spiro atoms. The van der Waals surface area contributed by atoms with E-state index >= 15 is 4.39 Å². The summed E-state index contributed by atoms with van der Waals surface area (Å²) in [4.78, 5) is 34.2. The second-order valence-corrected chi connectivity index (χ2v) is 12.7. The zero-order valence-electron chi connectivity index (χ0n) is 23.9. The van der Waals surface area contributed by atoms with Crippen molar-refractivity contribution in [2.75, 3.05) is 18.5 Å². The zero-order valence-corrected chi connectivity index (χ0v) is 24.6. The molecule has 1 saturated heterocycles. The highest BCUT2D eigenvalue weighted by molar-refractivity contribution is 6.21. The topological polar surface area (TPSA) is 122 Å². The second kappa shape index (κ2) is 11.0. The van der Waals surface area contributed by atoms with Gasteiger partial charge in [-0.1, -0.05) is 48.5 Å². The number of hydrogen-bond donors (Lipinski definition) is 4. The van der Waals surface area contributed by atoms with Crippen molar-refractivity contribution in [2.24, 2.45) is 11.8 Å². The number of imidazole rings is 1. The van der Waals surface area contributed by atoms with Crippen molar-refractivity contribution in [3.8, 4) is 11.1 Å². The fourth-order valence-corrected chi connectivity index (χ4v) is 7.67. The van der Waals surface area contributed by atoms with Crippen LogP contribution in [0.5, 0.6) is 0 Å². The maximum atomic E-state index is 16.1. The summed E-state index contributed by atoms with van der Waals surface area (Å²) in [6.07, 6.45) is 1.63. The predicted octanol–water partition coefficient (Wildman–Crippen LogP) is 4.07. The van der Waals surface area contributed by atoms with E-state index in [0.717, 1.165) is 22.3 Å². The third-order valence-corrected chi connectivity index (χ3v) is 10.1. The molecule has 8 atom stereocenters. The van der Waals surface area contributed by atoms with Crippen LogP contribution < -0.4 is 21.5 Å². The molecule has 232 valence electrons. The Hall–Kier alpha value is -4.13. The number of anilines is 1. The van der Waals surface area contributed by atoms with E-state index in [1.165, 1.54) is 6.20 Å². The Morgan fingerprint density at radius 2 is 1.78 bits per heavy atom. The van der Waals surface area contributed by atoms with Crippen molar-refractivity contribution < 1.29 is 23.1 Å². The van der Waals surface area contributed by atoms with Gasteiger partial charge >= 0.3 is 6.09 Å². The molecule has 0 radical (unpaired) electrons. The van der Waals surface area contributed by atoms with Gasteiger partial charge < -0.3 is 19.8 Å². The number of alkyl carbamates (subject to hydrolysis) is 1. The molecule has 6 unspecified atom stereocenters. The standard InChI is InChI=1S/C32H30ClF2N7O3/c33-27-26(23-12-42-13-24(38-25(42)11-36-23)39-31(43)19-9-22(19)34)20-10-37-41-29(20)30(28(27)35)40-32(44)45-14-21-17-7-3-1-5-15(17)16-6-2-4-8-18(16)21/h1-8,11-13,19-22,26-30,37,41H,9-10,14H2,(H,39,43)(H,40,44)/t19-,20?,22+,26?,27?,28?,29?,30?/m1/s1. The number of aromatic nitrogens is 3. The number of halogens is 3. The van der Waals surface area contributed by atoms with E-state index in [1.54, 1.807) is 16.8 Å². The largest absolute Gasteiger partial charge is 0.449 e. The van der Waals surface area contributed by atoms with Gasteiger partial charge in [-0.05, 0) is 28.7 Å². The van der Waals surface area contributed by atoms with Crippen LogP contribution in [-0.4, -0.2) is 69.3 Å². The van der Waals surface area contributed by atoms with E-state index in [2.05, 4.69) is 43.6 Å². The summed E-state index contributed by atoms with van der Waals surface area (Å²) < 4.78 is 36.8. The molecule has 0 bridgehead atoms. The first-order valence-corrected chi connectivity index (χ1v) is 15.5. The first kappa shape index (κ1) is 28.4. The number of ether oxygens (including phenoxy) is 1. The normalized spacial score (nSPS) is 29.9. The Balaban J connectivity index is 0.967. The van der Waals surface area contributed by atoms with Crippen LogP contribution in [0.2, 0.25) is 0 Å². The molecular weight excluding hydrogens is 604 g/mol. The molecule has 4 aliphatic rings. The highest BCUT2D eigenvalue weighted by Crippen LogP contribution is 2.45. The van der Waals surface area contributed by atoms with Crippen molar-refractivity contribution in [1.29, 1.82) is 0 Å². The quantitative estimate of drug-likeness (QED) is 0.236. The number of benzene rings is 2. The van der Waals surface area contributed by atoms with Crippen LogP contribution in [0.1, 0.15) is 35.1 Å². The SMILES string of the molecule is O=C(NC1C(F)C(Cl)C(c2cn3cc(NC(=O)[C@@H]4C[C@@H]4F)nc3cn2)C2CNNC21)OCC1c2ccccc2-c2ccccc21. The maximum absolute atomic E-state index is 16.1. The van der Waals surface area contributed by atoms with Crippen molar-refractivity contribution in [3.63, 3.8) is 0 Å². The van der Waals surface area contributed by atoms with E-state index in [9.17, 15) is 14.0 Å². The first-order chi connectivity index (χ1) is 21.9. The van der Waals surface area contributed by atoms with Crippen LogP contribution >= 0.6 is 11.6 Å². The lowest BCUT2D eigenvalue weighted by molar-refractivity contribution is -0.117. The lowest BCUT2D eigenvalue weighted by Gasteiger charge is -2.43. The molecule has 45 heavy (non-hydrogen) atoms. The first-order valence-electron chi connectivity index (χ1n) is 15.0. The fraction of sp³-hybridized carbons (Fsp3) is 0.375. The highest BCUT2D eigenvalue weighted by Gasteiger charge is 2.54. The average molecular weight is 634 g/mol. The number of hydrogen-bond acceptors (Lipinski definition) is 7. The molecule has 2 aromatic carbocycles. The predicted molar refractivity (Wildman–Crippen MR) is 162 cm³/mol. The molecule has 3 aliphatic carbocycles. The number of nitrogens with one attached hydrogen (secondary N) is 4. The third kappa shape index (κ3) is 4.91. The van der Waals surface area contributed by atoms with Gasteiger partial charge in [-0.3, -0.25) is 20.6 Å². The van der Waals surface area contributed by atoms with Gasteiger partial charge in [-0.2, -0.15) is 0 Å². The number of alkyl halides is 3. The van der Waals surface area contributed by atoms with Gasteiger partial charge in [0.05, 0.1) is 35.4 Å². The molecule has 8 rings (SSSR count). The molecular formula is C32H30ClF2N7O3. The summed E-state index contributed by atoms with van der Waals surface area (Å²) in [5, 5.41) is 4.39. The second-order valence-electron chi connectivity index (χ2n) is 12.2. The van der Waals surface area contributed by atoms with Gasteiger partial charge in [0.1, 0.15) is 19.0 Å². The monoisotopic (exact) mass is 633 g/mol. The Morgan fingerprint density at radius 1 is 1.07 bits per heavy atom. The summed E-state index contributed by atoms with van der Waals surface area (Å²) in [6.45, 7) is 0.591. The molecule has 3 heterocycles. The van der Waals surface area contributed by atoms with Crippen LogP contribution in [0.15, 0.2) is 67.1 Å². The summed E-state index contributed by atoms with van der Waals surface area (Å²) >= 11 is 6.81. The van der Waals surface area contributed by atoms with E-state index < -0.39 is 53.6 Å². The summed E-state index contributed by atoms with van der Waals surface area (Å²) in [7, 11) is 0. The molecule has 1 aliphatic heterocycles. The van der Waals surface area contributed by atoms with Gasteiger partial charge in [0.15, 0.2) is 11.5 Å². The van der Waals surface area contributed by atoms with E-state index in [0.29, 0.717) is 17.9 Å². The minimum Gasteiger partial charge on any atom is -0.449 e. The lowest BCUT2D eigenvalue weighted by Crippen LogP contribution is -2.63. The van der Waals surface area contributed by atoms with Gasteiger partial charge in [0.2, 0.25) is 5.91 Å². The highest BCUT2D eigenvalue weighted by atomic mass is 35.5. The number of amides is 2. The number of nitrogens with zero attached hydrogens (tertiary/aromatic N) is 3. The van der Waals surface area contributed by atoms with Crippen molar-refractivity contribution in [3.05, 3.63) is 83.9 Å². The fourth-order valence-electron chi connectivity index (χ4n) is 7.19. The zero-order chi connectivity index (χ0) is 30.8. The van der Waals surface area contributed by atoms with Crippen molar-refractivity contribution in [2.45, 2.75) is 48.1 Å². The van der Waals surface area contributed by atoms with Crippen LogP contribution in [0.4, 0.5) is 19.4 Å². The van der Waals surface area contributed by atoms with E-state index in [4.69, 9.17) is 16.3 Å². The molecule has 3 fully saturated rings. The van der Waals surface area contributed by atoms with Gasteiger partial charge in [0.25, 0.3) is 0 Å². The van der Waals surface area contributed by atoms with E-state index in [-0.39, 0.29) is 30.7 Å². The Morgan fingerprint density at radius 3 is 2.49 bits per heavy atom. The van der Waals surface area contributed by atoms with Crippen molar-refractivity contribution in [1.82, 2.24) is 30.5 Å². The van der Waals surface area contributed by atoms with E-state index in [1.807, 2.05) is 36.4 Å². The number of carbonyl (C=O) groups is 2. The molecule has 4 N–H and O–H groups in total. The summed E-state index contributed by atoms with van der Waals surface area (Å²) in [6, 6.07) is 14.7. The Bertz CT molecular complexity index is 1760. The number of rotatable bonds is 6. The van der Waals surface area contributed by atoms with Crippen LogP contribution in [0.25, 0.3) is 16.8 Å². The van der Waals surface area contributed by atoms with Gasteiger partial charge in [0, 0.05) is 36.5 Å².